The van der Waals surface area contributed by atoms with Crippen LogP contribution in [0.3, 0.4) is 0 Å². The van der Waals surface area contributed by atoms with E-state index >= 15 is 0 Å². The highest BCUT2D eigenvalue weighted by Gasteiger charge is 2.44. The van der Waals surface area contributed by atoms with Gasteiger partial charge in [-0.3, -0.25) is 4.79 Å². The first-order valence-corrected chi connectivity index (χ1v) is 7.30. The highest BCUT2D eigenvalue weighted by Crippen LogP contribution is 2.27. The van der Waals surface area contributed by atoms with Crippen LogP contribution in [0.4, 0.5) is 0 Å². The normalized spacial score (nSPS) is 20.0. The Hall–Kier alpha value is -1.60. The maximum absolute atomic E-state index is 12.5. The molecule has 1 amide bonds. The number of hydrogen-bond acceptors (Lipinski definition) is 4. The van der Waals surface area contributed by atoms with Gasteiger partial charge in [-0.1, -0.05) is 0 Å². The number of rotatable bonds is 2. The van der Waals surface area contributed by atoms with Crippen molar-refractivity contribution in [2.24, 2.45) is 0 Å². The lowest BCUT2D eigenvalue weighted by molar-refractivity contribution is -0.131. The summed E-state index contributed by atoms with van der Waals surface area (Å²) in [5.74, 6) is -0.323. The van der Waals surface area contributed by atoms with Gasteiger partial charge in [-0.15, -0.1) is 0 Å². The quantitative estimate of drug-likeness (QED) is 0.817. The Kier molecular flexibility index (Phi) is 3.27. The summed E-state index contributed by atoms with van der Waals surface area (Å²) in [6.07, 6.45) is 0. The van der Waals surface area contributed by atoms with Gasteiger partial charge in [-0.2, -0.15) is 4.31 Å². The molecule has 19 heavy (non-hydrogen) atoms. The second kappa shape index (κ2) is 4.50. The number of phenols is 1. The average molecular weight is 284 g/mol. The Balaban J connectivity index is 2.44. The third-order valence-electron chi connectivity index (χ3n) is 3.20. The number of carbonyl (C=O) groups excluding carboxylic acids is 1. The van der Waals surface area contributed by atoms with Crippen molar-refractivity contribution in [2.45, 2.75) is 24.3 Å². The van der Waals surface area contributed by atoms with Gasteiger partial charge in [0.15, 0.2) is 0 Å². The van der Waals surface area contributed by atoms with E-state index in [2.05, 4.69) is 5.32 Å². The predicted octanol–water partition coefficient (Wildman–Crippen LogP) is 0.291. The first-order chi connectivity index (χ1) is 8.76. The van der Waals surface area contributed by atoms with E-state index in [1.807, 2.05) is 0 Å². The topological polar surface area (TPSA) is 86.7 Å². The Labute approximate surface area is 112 Å². The molecule has 0 spiro atoms. The number of aromatic hydroxyl groups is 1. The molecule has 7 heteroatoms. The minimum atomic E-state index is -3.76. The lowest BCUT2D eigenvalue weighted by atomic mass is 10.0. The molecule has 0 aromatic heterocycles. The number of nitrogens with one attached hydrogen (secondary N) is 1. The lowest BCUT2D eigenvalue weighted by Crippen LogP contribution is -2.63. The van der Waals surface area contributed by atoms with Gasteiger partial charge < -0.3 is 10.4 Å². The molecule has 1 aromatic carbocycles. The Morgan fingerprint density at radius 1 is 1.26 bits per heavy atom. The Morgan fingerprint density at radius 3 is 2.42 bits per heavy atom. The summed E-state index contributed by atoms with van der Waals surface area (Å²) in [6, 6.07) is 5.27. The molecule has 1 heterocycles. The van der Waals surface area contributed by atoms with Gasteiger partial charge in [-0.05, 0) is 38.1 Å². The van der Waals surface area contributed by atoms with Crippen LogP contribution >= 0.6 is 0 Å². The maximum atomic E-state index is 12.5. The number of carbonyl (C=O) groups is 1. The van der Waals surface area contributed by atoms with Crippen molar-refractivity contribution in [1.29, 1.82) is 0 Å². The van der Waals surface area contributed by atoms with Crippen LogP contribution in [0.1, 0.15) is 13.8 Å². The molecule has 6 nitrogen and oxygen atoms in total. The molecular weight excluding hydrogens is 268 g/mol. The number of nitrogens with zero attached hydrogens (tertiary/aromatic N) is 1. The molecule has 2 rings (SSSR count). The average Bonchev–Trinajstić information content (AvgIpc) is 2.33. The van der Waals surface area contributed by atoms with Crippen molar-refractivity contribution >= 4 is 15.9 Å². The van der Waals surface area contributed by atoms with Gasteiger partial charge in [-0.25, -0.2) is 8.42 Å². The summed E-state index contributed by atoms with van der Waals surface area (Å²) in [5, 5.41) is 11.9. The summed E-state index contributed by atoms with van der Waals surface area (Å²) in [7, 11) is -3.76. The zero-order chi connectivity index (χ0) is 14.3. The number of amides is 1. The summed E-state index contributed by atoms with van der Waals surface area (Å²) in [6.45, 7) is 3.65. The van der Waals surface area contributed by atoms with Gasteiger partial charge in [0.25, 0.3) is 0 Å². The molecule has 2 N–H and O–H groups in total. The van der Waals surface area contributed by atoms with Crippen molar-refractivity contribution in [2.75, 3.05) is 13.1 Å². The van der Waals surface area contributed by atoms with Crippen LogP contribution in [0.5, 0.6) is 5.75 Å². The molecule has 104 valence electrons. The molecule has 1 aromatic rings. The Morgan fingerprint density at radius 2 is 1.84 bits per heavy atom. The fraction of sp³-hybridized carbons (Fsp3) is 0.417. The number of phenolic OH excluding ortho intramolecular Hbond substituents is 1. The molecule has 0 bridgehead atoms. The molecule has 1 aliphatic rings. The predicted molar refractivity (Wildman–Crippen MR) is 69.1 cm³/mol. The monoisotopic (exact) mass is 284 g/mol. The smallest absolute Gasteiger partial charge is 0.244 e. The van der Waals surface area contributed by atoms with E-state index in [0.717, 1.165) is 0 Å². The highest BCUT2D eigenvalue weighted by molar-refractivity contribution is 7.89. The highest BCUT2D eigenvalue weighted by atomic mass is 32.2. The molecule has 0 saturated carbocycles. The number of hydrogen-bond donors (Lipinski definition) is 2. The van der Waals surface area contributed by atoms with E-state index < -0.39 is 15.6 Å². The molecule has 1 saturated heterocycles. The Bertz CT molecular complexity index is 593. The minimum Gasteiger partial charge on any atom is -0.508 e. The van der Waals surface area contributed by atoms with Crippen LogP contribution in [0.2, 0.25) is 0 Å². The van der Waals surface area contributed by atoms with Gasteiger partial charge in [0.2, 0.25) is 15.9 Å². The van der Waals surface area contributed by atoms with Crippen LogP contribution in [0, 0.1) is 0 Å². The minimum absolute atomic E-state index is 0.00500. The first kappa shape index (κ1) is 13.8. The third kappa shape index (κ3) is 2.31. The number of benzene rings is 1. The lowest BCUT2D eigenvalue weighted by Gasteiger charge is -2.39. The van der Waals surface area contributed by atoms with Crippen LogP contribution < -0.4 is 5.32 Å². The standard InChI is InChI=1S/C12H16N2O4S/c1-12(2)11(16)13-7-8-14(12)19(17,18)10-5-3-9(15)4-6-10/h3-6,15H,7-8H2,1-2H3,(H,13,16). The van der Waals surface area contributed by atoms with Gasteiger partial charge in [0.1, 0.15) is 11.3 Å². The van der Waals surface area contributed by atoms with Gasteiger partial charge >= 0.3 is 0 Å². The van der Waals surface area contributed by atoms with Crippen molar-refractivity contribution < 1.29 is 18.3 Å². The van der Waals surface area contributed by atoms with Gasteiger partial charge in [0.05, 0.1) is 4.90 Å². The maximum Gasteiger partial charge on any atom is 0.244 e. The number of sulfonamides is 1. The van der Waals surface area contributed by atoms with E-state index in [1.165, 1.54) is 28.6 Å². The molecule has 0 aliphatic carbocycles. The fourth-order valence-electron chi connectivity index (χ4n) is 2.05. The van der Waals surface area contributed by atoms with E-state index in [1.54, 1.807) is 13.8 Å². The van der Waals surface area contributed by atoms with Crippen molar-refractivity contribution in [1.82, 2.24) is 9.62 Å². The summed E-state index contributed by atoms with van der Waals surface area (Å²) in [5.41, 5.74) is -1.13. The van der Waals surface area contributed by atoms with Crippen LogP contribution in [0.15, 0.2) is 29.2 Å². The van der Waals surface area contributed by atoms with E-state index in [-0.39, 0.29) is 23.1 Å². The SMILES string of the molecule is CC1(C)C(=O)NCCN1S(=O)(=O)c1ccc(O)cc1. The molecule has 0 unspecified atom stereocenters. The molecule has 0 radical (unpaired) electrons. The second-order valence-corrected chi connectivity index (χ2v) is 6.75. The fourth-order valence-corrected chi connectivity index (χ4v) is 3.80. The van der Waals surface area contributed by atoms with E-state index in [0.29, 0.717) is 6.54 Å². The zero-order valence-electron chi connectivity index (χ0n) is 10.8. The largest absolute Gasteiger partial charge is 0.508 e. The van der Waals surface area contributed by atoms with Crippen molar-refractivity contribution in [3.8, 4) is 5.75 Å². The van der Waals surface area contributed by atoms with Crippen LogP contribution in [-0.2, 0) is 14.8 Å². The molecule has 1 aliphatic heterocycles. The van der Waals surface area contributed by atoms with E-state index in [4.69, 9.17) is 0 Å². The van der Waals surface area contributed by atoms with Crippen molar-refractivity contribution in [3.05, 3.63) is 24.3 Å². The molecule has 1 fully saturated rings. The van der Waals surface area contributed by atoms with Crippen LogP contribution in [0.25, 0.3) is 0 Å². The summed E-state index contributed by atoms with van der Waals surface area (Å²) >= 11 is 0. The van der Waals surface area contributed by atoms with Crippen LogP contribution in [-0.4, -0.2) is 42.4 Å². The summed E-state index contributed by atoms with van der Waals surface area (Å²) in [4.78, 5) is 11.9. The first-order valence-electron chi connectivity index (χ1n) is 5.86. The molecule has 0 atom stereocenters. The van der Waals surface area contributed by atoms with Crippen molar-refractivity contribution in [3.63, 3.8) is 0 Å². The van der Waals surface area contributed by atoms with E-state index in [9.17, 15) is 18.3 Å². The summed E-state index contributed by atoms with van der Waals surface area (Å²) < 4.78 is 26.2. The number of piperazine rings is 1. The molecular formula is C12H16N2O4S. The van der Waals surface area contributed by atoms with Gasteiger partial charge in [0, 0.05) is 13.1 Å². The zero-order valence-corrected chi connectivity index (χ0v) is 11.6. The third-order valence-corrected chi connectivity index (χ3v) is 5.29. The second-order valence-electron chi connectivity index (χ2n) is 4.89.